The average molecular weight is 977 g/mol. The molecule has 0 aliphatic heterocycles. The predicted octanol–water partition coefficient (Wildman–Crippen LogP) is 16.1. The van der Waals surface area contributed by atoms with E-state index in [-0.39, 0.29) is 10.8 Å². The summed E-state index contributed by atoms with van der Waals surface area (Å²) >= 11 is 0. The molecule has 0 aliphatic carbocycles. The third kappa shape index (κ3) is 13.9. The Morgan fingerprint density at radius 3 is 0.757 bits per heavy atom. The Morgan fingerprint density at radius 1 is 0.329 bits per heavy atom. The van der Waals surface area contributed by atoms with Crippen LogP contribution in [0.4, 0.5) is 34.1 Å². The highest BCUT2D eigenvalue weighted by Gasteiger charge is 2.38. The lowest BCUT2D eigenvalue weighted by atomic mass is 9.87. The van der Waals surface area contributed by atoms with Gasteiger partial charge in [-0.3, -0.25) is 0 Å². The van der Waals surface area contributed by atoms with Crippen molar-refractivity contribution in [3.05, 3.63) is 179 Å². The summed E-state index contributed by atoms with van der Waals surface area (Å²) in [6.45, 7) is 28.4. The van der Waals surface area contributed by atoms with Gasteiger partial charge >= 0.3 is 17.6 Å². The van der Waals surface area contributed by atoms with Gasteiger partial charge < -0.3 is 36.4 Å². The maximum Gasteiger partial charge on any atom is 0.529 e. The number of benzene rings is 6. The van der Waals surface area contributed by atoms with Gasteiger partial charge in [0.15, 0.2) is 0 Å². The topological polar surface area (TPSA) is 61.9 Å². The molecule has 0 saturated heterocycles. The van der Waals surface area contributed by atoms with E-state index in [0.29, 0.717) is 39.6 Å². The summed E-state index contributed by atoms with van der Waals surface area (Å²) in [5.41, 5.74) is 17.4. The highest BCUT2D eigenvalue weighted by atomic mass is 28.4. The van der Waals surface area contributed by atoms with Gasteiger partial charge in [0.05, 0.1) is 0 Å². The van der Waals surface area contributed by atoms with E-state index in [4.69, 9.17) is 26.6 Å². The van der Waals surface area contributed by atoms with Crippen LogP contribution in [0.2, 0.25) is 0 Å². The van der Waals surface area contributed by atoms with Crippen LogP contribution in [0.15, 0.2) is 157 Å². The van der Waals surface area contributed by atoms with Crippen LogP contribution in [0, 0.1) is 0 Å². The molecule has 0 fully saturated rings. The zero-order chi connectivity index (χ0) is 50.4. The Morgan fingerprint density at radius 2 is 0.543 bits per heavy atom. The molecule has 0 aromatic heterocycles. The first kappa shape index (κ1) is 53.9. The molecule has 0 amide bonds. The molecule has 0 bridgehead atoms. The van der Waals surface area contributed by atoms with Crippen molar-refractivity contribution in [2.45, 2.75) is 93.9 Å². The minimum absolute atomic E-state index is 0.0429. The van der Waals surface area contributed by atoms with Crippen molar-refractivity contribution in [3.63, 3.8) is 0 Å². The molecule has 70 heavy (non-hydrogen) atoms. The fourth-order valence-electron chi connectivity index (χ4n) is 8.33. The van der Waals surface area contributed by atoms with E-state index in [1.807, 2.05) is 52.9 Å². The van der Waals surface area contributed by atoms with Gasteiger partial charge in [-0.25, -0.2) is 0 Å². The third-order valence-electron chi connectivity index (χ3n) is 11.9. The smallest absolute Gasteiger partial charge is 0.371 e. The molecule has 6 aromatic carbocycles. The van der Waals surface area contributed by atoms with Crippen molar-refractivity contribution in [2.75, 3.05) is 49.4 Å². The lowest BCUT2D eigenvalue weighted by Crippen LogP contribution is -2.44. The van der Waals surface area contributed by atoms with Gasteiger partial charge in [0.1, 0.15) is 0 Å². The molecule has 6 rings (SSSR count). The highest BCUT2D eigenvalue weighted by Crippen LogP contribution is 2.40. The summed E-state index contributed by atoms with van der Waals surface area (Å²) in [4.78, 5) is 4.62. The van der Waals surface area contributed by atoms with Gasteiger partial charge in [-0.15, -0.1) is 0 Å². The summed E-state index contributed by atoms with van der Waals surface area (Å²) < 4.78 is 36.4. The molecule has 6 aromatic rings. The van der Waals surface area contributed by atoms with Crippen molar-refractivity contribution >= 4 is 63.9 Å². The first-order chi connectivity index (χ1) is 33.6. The van der Waals surface area contributed by atoms with E-state index in [0.717, 1.165) is 56.4 Å². The summed E-state index contributed by atoms with van der Waals surface area (Å²) in [6.07, 6.45) is 4.11. The average Bonchev–Trinajstić information content (AvgIpc) is 3.34. The van der Waals surface area contributed by atoms with Gasteiger partial charge in [0.2, 0.25) is 0 Å². The van der Waals surface area contributed by atoms with E-state index >= 15 is 0 Å². The Kier molecular flexibility index (Phi) is 19.0. The lowest BCUT2D eigenvalue weighted by Gasteiger charge is -2.28. The van der Waals surface area contributed by atoms with E-state index in [1.54, 1.807) is 0 Å². The monoisotopic (exact) mass is 977 g/mol. The van der Waals surface area contributed by atoms with Crippen LogP contribution in [-0.4, -0.2) is 57.3 Å². The van der Waals surface area contributed by atoms with Gasteiger partial charge in [-0.05, 0) is 170 Å². The second kappa shape index (κ2) is 24.6. The fourth-order valence-corrected chi connectivity index (χ4v) is 12.6. The number of rotatable bonds is 23. The lowest BCUT2D eigenvalue weighted by molar-refractivity contribution is 0.0837. The highest BCUT2D eigenvalue weighted by molar-refractivity contribution is 6.67. The maximum atomic E-state index is 6.07. The Labute approximate surface area is 422 Å². The van der Waals surface area contributed by atoms with Crippen molar-refractivity contribution < 1.29 is 26.6 Å². The number of nitrogens with zero attached hydrogens (tertiary/aromatic N) is 2. The normalized spacial score (nSPS) is 12.6. The molecule has 0 saturated carbocycles. The third-order valence-corrected chi connectivity index (χ3v) is 17.2. The first-order valence-corrected chi connectivity index (χ1v) is 28.6. The standard InChI is InChI=1S/C60H76N2O6Si2/c1-13-63-69(64-14-2,65-15-3)45-43-47-19-31-53(32-20-47)61(57-39-27-51(28-40-57)59(7,8)9)55-35-23-49(24-36-55)50-25-37-56(38-26-50)62(58-41-29-52(30-42-58)60(10,11)12)54-33-21-48(22-34-54)44-46-70(66-16-4,67-17-5)68-18-6/h19-46H,13-18H2,1-12H3/b45-43+,46-44+. The quantitative estimate of drug-likeness (QED) is 0.0589. The zero-order valence-electron chi connectivity index (χ0n) is 43.8. The molecule has 0 unspecified atom stereocenters. The molecule has 0 heterocycles. The fraction of sp³-hybridized carbons (Fsp3) is 0.333. The minimum Gasteiger partial charge on any atom is -0.371 e. The molecule has 0 aliphatic rings. The molecule has 370 valence electrons. The van der Waals surface area contributed by atoms with E-state index in [1.165, 1.54) is 11.1 Å². The summed E-state index contributed by atoms with van der Waals surface area (Å²) in [5.74, 6) is 0. The molecular weight excluding hydrogens is 901 g/mol. The molecule has 0 N–H and O–H groups in total. The summed E-state index contributed by atoms with van der Waals surface area (Å²) in [6, 6.07) is 52.8. The number of hydrogen-bond acceptors (Lipinski definition) is 8. The molecule has 8 nitrogen and oxygen atoms in total. The van der Waals surface area contributed by atoms with Crippen LogP contribution < -0.4 is 9.80 Å². The van der Waals surface area contributed by atoms with Crippen molar-refractivity contribution in [1.29, 1.82) is 0 Å². The number of anilines is 6. The van der Waals surface area contributed by atoms with Gasteiger partial charge in [-0.1, -0.05) is 126 Å². The predicted molar refractivity (Wildman–Crippen MR) is 298 cm³/mol. The molecule has 0 spiro atoms. The first-order valence-electron chi connectivity index (χ1n) is 25.0. The van der Waals surface area contributed by atoms with Crippen molar-refractivity contribution in [3.8, 4) is 11.1 Å². The van der Waals surface area contributed by atoms with E-state index < -0.39 is 17.6 Å². The van der Waals surface area contributed by atoms with Crippen LogP contribution >= 0.6 is 0 Å². The second-order valence-corrected chi connectivity index (χ2v) is 23.8. The van der Waals surface area contributed by atoms with Crippen LogP contribution in [0.1, 0.15) is 105 Å². The van der Waals surface area contributed by atoms with Gasteiger partial charge in [-0.2, -0.15) is 0 Å². The van der Waals surface area contributed by atoms with Crippen LogP contribution in [0.5, 0.6) is 0 Å². The molecule has 0 radical (unpaired) electrons. The molecule has 10 heteroatoms. The SMILES string of the molecule is CCO[Si](/C=C/c1ccc(N(c2ccc(-c3ccc(N(c4ccc(/C=C/[Si](OCC)(OCC)OCC)cc4)c4ccc(C(C)(C)C)cc4)cc3)cc2)c2ccc(C(C)(C)C)cc2)cc1)(OCC)OCC. The molecular formula is C60H76N2O6Si2. The van der Waals surface area contributed by atoms with Crippen molar-refractivity contribution in [2.24, 2.45) is 0 Å². The van der Waals surface area contributed by atoms with Crippen LogP contribution in [0.3, 0.4) is 0 Å². The van der Waals surface area contributed by atoms with Gasteiger partial charge in [0.25, 0.3) is 0 Å². The number of hydrogen-bond donors (Lipinski definition) is 0. The zero-order valence-corrected chi connectivity index (χ0v) is 45.8. The van der Waals surface area contributed by atoms with Crippen molar-refractivity contribution in [1.82, 2.24) is 0 Å². The summed E-state index contributed by atoms with van der Waals surface area (Å²) in [5, 5.41) is 0. The van der Waals surface area contributed by atoms with Crippen LogP contribution in [-0.2, 0) is 37.4 Å². The largest absolute Gasteiger partial charge is 0.529 e. The minimum atomic E-state index is -2.94. The van der Waals surface area contributed by atoms with Gasteiger partial charge in [0, 0.05) is 73.8 Å². The maximum absolute atomic E-state index is 6.07. The second-order valence-electron chi connectivity index (χ2n) is 19.0. The van der Waals surface area contributed by atoms with E-state index in [2.05, 4.69) is 209 Å². The summed E-state index contributed by atoms with van der Waals surface area (Å²) in [7, 11) is -5.88. The Hall–Kier alpha value is -5.41. The Bertz CT molecular complexity index is 2350. The van der Waals surface area contributed by atoms with E-state index in [9.17, 15) is 0 Å². The van der Waals surface area contributed by atoms with Crippen LogP contribution in [0.25, 0.3) is 23.3 Å². The Balaban J connectivity index is 1.31. The molecule has 0 atom stereocenters.